The Labute approximate surface area is 173 Å². The first kappa shape index (κ1) is 18.7. The van der Waals surface area contributed by atoms with Crippen LogP contribution < -0.4 is 16.0 Å². The number of hydrogen-bond acceptors (Lipinski definition) is 6. The maximum absolute atomic E-state index is 12.9. The number of carbonyl (C=O) groups excluding carboxylic acids is 3. The van der Waals surface area contributed by atoms with Crippen LogP contribution in [0.25, 0.3) is 0 Å². The van der Waals surface area contributed by atoms with Crippen molar-refractivity contribution in [3.05, 3.63) is 41.1 Å². The number of anilines is 2. The molecule has 2 aromatic rings. The Kier molecular flexibility index (Phi) is 4.27. The van der Waals surface area contributed by atoms with Crippen LogP contribution in [-0.4, -0.2) is 45.0 Å². The average Bonchev–Trinajstić information content (AvgIpc) is 3.22. The number of amides is 3. The van der Waals surface area contributed by atoms with Gasteiger partial charge >= 0.3 is 0 Å². The van der Waals surface area contributed by atoms with Crippen LogP contribution in [0.3, 0.4) is 0 Å². The number of nitrogens with two attached hydrogens (primary N) is 1. The molecule has 30 heavy (non-hydrogen) atoms. The first-order valence-corrected chi connectivity index (χ1v) is 10.2. The van der Waals surface area contributed by atoms with E-state index in [9.17, 15) is 14.4 Å². The van der Waals surface area contributed by atoms with E-state index in [0.717, 1.165) is 30.0 Å². The second-order valence-corrected chi connectivity index (χ2v) is 8.48. The lowest BCUT2D eigenvalue weighted by Crippen LogP contribution is -2.52. The molecule has 2 atom stereocenters. The lowest BCUT2D eigenvalue weighted by molar-refractivity contribution is -0.136. The number of fused-ring (bicyclic) bond motifs is 2. The summed E-state index contributed by atoms with van der Waals surface area (Å²) in [5.41, 5.74) is 9.43. The third-order valence-corrected chi connectivity index (χ3v) is 6.12. The molecule has 9 heteroatoms. The van der Waals surface area contributed by atoms with Gasteiger partial charge in [0, 0.05) is 38.2 Å². The van der Waals surface area contributed by atoms with Gasteiger partial charge in [-0.25, -0.2) is 4.68 Å². The minimum Gasteiger partial charge on any atom is -0.394 e. The molecule has 0 bridgehead atoms. The number of aromatic nitrogens is 2. The number of carbonyl (C=O) groups is 3. The van der Waals surface area contributed by atoms with E-state index in [-0.39, 0.29) is 18.2 Å². The molecule has 3 aliphatic rings. The molecule has 1 aromatic heterocycles. The van der Waals surface area contributed by atoms with Crippen molar-refractivity contribution in [2.75, 3.05) is 17.2 Å². The zero-order chi connectivity index (χ0) is 21.0. The highest BCUT2D eigenvalue weighted by Gasteiger charge is 2.39. The van der Waals surface area contributed by atoms with Gasteiger partial charge in [-0.2, -0.15) is 5.10 Å². The van der Waals surface area contributed by atoms with Crippen LogP contribution in [0.2, 0.25) is 0 Å². The number of nitrogens with one attached hydrogen (secondary N) is 1. The molecule has 2 unspecified atom stereocenters. The molecule has 5 rings (SSSR count). The highest BCUT2D eigenvalue weighted by atomic mass is 16.2. The van der Waals surface area contributed by atoms with Crippen molar-refractivity contribution in [1.82, 2.24) is 20.0 Å². The third kappa shape index (κ3) is 3.01. The molecule has 3 aliphatic heterocycles. The molecule has 0 radical (unpaired) electrons. The van der Waals surface area contributed by atoms with E-state index in [4.69, 9.17) is 5.73 Å². The molecule has 9 nitrogen and oxygen atoms in total. The minimum atomic E-state index is -0.594. The number of nitrogens with zero attached hydrogens (tertiary/aromatic N) is 4. The average molecular weight is 408 g/mol. The molecule has 4 heterocycles. The van der Waals surface area contributed by atoms with Gasteiger partial charge in [0.25, 0.3) is 5.91 Å². The summed E-state index contributed by atoms with van der Waals surface area (Å²) in [6.07, 6.45) is 2.32. The SMILES string of the molecule is CC1CN(Cc2ccc3c(c2)CN(C2CCC(=O)NC2=O)C3=O)c2c(N)cnn2C1. The highest BCUT2D eigenvalue weighted by molar-refractivity contribution is 6.05. The first-order valence-electron chi connectivity index (χ1n) is 10.2. The van der Waals surface area contributed by atoms with Crippen LogP contribution in [-0.2, 0) is 29.2 Å². The smallest absolute Gasteiger partial charge is 0.255 e. The van der Waals surface area contributed by atoms with Gasteiger partial charge < -0.3 is 15.5 Å². The molecule has 0 spiro atoms. The largest absolute Gasteiger partial charge is 0.394 e. The van der Waals surface area contributed by atoms with Gasteiger partial charge in [0.2, 0.25) is 11.8 Å². The van der Waals surface area contributed by atoms with E-state index in [0.29, 0.717) is 36.7 Å². The van der Waals surface area contributed by atoms with Crippen molar-refractivity contribution in [3.8, 4) is 0 Å². The number of benzene rings is 1. The van der Waals surface area contributed by atoms with E-state index < -0.39 is 11.9 Å². The van der Waals surface area contributed by atoms with Gasteiger partial charge in [0.15, 0.2) is 5.82 Å². The summed E-state index contributed by atoms with van der Waals surface area (Å²) in [5, 5.41) is 6.71. The Balaban J connectivity index is 1.37. The minimum absolute atomic E-state index is 0.153. The predicted octanol–water partition coefficient (Wildman–Crippen LogP) is 0.883. The molecule has 1 fully saturated rings. The van der Waals surface area contributed by atoms with Crippen LogP contribution in [0.5, 0.6) is 0 Å². The van der Waals surface area contributed by atoms with E-state index >= 15 is 0 Å². The number of imide groups is 1. The molecule has 0 saturated carbocycles. The number of rotatable bonds is 3. The fraction of sp³-hybridized carbons (Fsp3) is 0.429. The van der Waals surface area contributed by atoms with Gasteiger partial charge in [-0.15, -0.1) is 0 Å². The summed E-state index contributed by atoms with van der Waals surface area (Å²) in [6, 6.07) is 5.24. The van der Waals surface area contributed by atoms with Crippen molar-refractivity contribution >= 4 is 29.2 Å². The van der Waals surface area contributed by atoms with Crippen LogP contribution in [0, 0.1) is 5.92 Å². The Morgan fingerprint density at radius 3 is 2.87 bits per heavy atom. The van der Waals surface area contributed by atoms with Gasteiger partial charge in [-0.3, -0.25) is 19.7 Å². The molecule has 0 aliphatic carbocycles. The normalized spacial score (nSPS) is 23.4. The summed E-state index contributed by atoms with van der Waals surface area (Å²) >= 11 is 0. The van der Waals surface area contributed by atoms with Crippen molar-refractivity contribution < 1.29 is 14.4 Å². The van der Waals surface area contributed by atoms with E-state index in [1.54, 1.807) is 11.1 Å². The lowest BCUT2D eigenvalue weighted by atomic mass is 10.0. The Morgan fingerprint density at radius 2 is 2.07 bits per heavy atom. The Hall–Kier alpha value is -3.36. The van der Waals surface area contributed by atoms with Gasteiger partial charge in [-0.05, 0) is 29.5 Å². The molecule has 1 saturated heterocycles. The van der Waals surface area contributed by atoms with E-state index in [1.807, 2.05) is 22.9 Å². The maximum atomic E-state index is 12.9. The van der Waals surface area contributed by atoms with Crippen LogP contribution in [0.4, 0.5) is 11.5 Å². The van der Waals surface area contributed by atoms with E-state index in [2.05, 4.69) is 22.2 Å². The number of hydrogen-bond donors (Lipinski definition) is 2. The number of nitrogen functional groups attached to an aromatic ring is 1. The van der Waals surface area contributed by atoms with Crippen LogP contribution in [0.1, 0.15) is 41.3 Å². The predicted molar refractivity (Wildman–Crippen MR) is 109 cm³/mol. The molecule has 3 N–H and O–H groups in total. The van der Waals surface area contributed by atoms with Gasteiger partial charge in [-0.1, -0.05) is 19.1 Å². The maximum Gasteiger partial charge on any atom is 0.255 e. The summed E-state index contributed by atoms with van der Waals surface area (Å²) < 4.78 is 1.95. The molecule has 3 amide bonds. The zero-order valence-corrected chi connectivity index (χ0v) is 16.8. The van der Waals surface area contributed by atoms with Crippen molar-refractivity contribution in [2.24, 2.45) is 5.92 Å². The van der Waals surface area contributed by atoms with Gasteiger partial charge in [0.05, 0.1) is 11.9 Å². The Bertz CT molecular complexity index is 1060. The summed E-state index contributed by atoms with van der Waals surface area (Å²) in [4.78, 5) is 40.3. The van der Waals surface area contributed by atoms with Crippen molar-refractivity contribution in [3.63, 3.8) is 0 Å². The summed E-state index contributed by atoms with van der Waals surface area (Å²) in [7, 11) is 0. The quantitative estimate of drug-likeness (QED) is 0.729. The fourth-order valence-corrected chi connectivity index (χ4v) is 4.77. The van der Waals surface area contributed by atoms with Crippen molar-refractivity contribution in [1.29, 1.82) is 0 Å². The second-order valence-electron chi connectivity index (χ2n) is 8.48. The molecular formula is C21H24N6O3. The van der Waals surface area contributed by atoms with Gasteiger partial charge in [0.1, 0.15) is 6.04 Å². The fourth-order valence-electron chi connectivity index (χ4n) is 4.77. The topological polar surface area (TPSA) is 114 Å². The molecule has 156 valence electrons. The molecular weight excluding hydrogens is 384 g/mol. The second kappa shape index (κ2) is 6.86. The first-order chi connectivity index (χ1) is 14.4. The van der Waals surface area contributed by atoms with Crippen molar-refractivity contribution in [2.45, 2.75) is 45.4 Å². The summed E-state index contributed by atoms with van der Waals surface area (Å²) in [6.45, 7) is 4.97. The summed E-state index contributed by atoms with van der Waals surface area (Å²) in [5.74, 6) is 0.571. The van der Waals surface area contributed by atoms with E-state index in [1.165, 1.54) is 0 Å². The molecule has 1 aromatic carbocycles. The standard InChI is InChI=1S/C21H24N6O3/c1-12-8-25(20-16(22)7-23-27(20)9-12)10-13-2-3-15-14(6-13)11-26(21(15)30)17-4-5-18(28)24-19(17)29/h2-3,6-7,12,17H,4-5,8-11,22H2,1H3,(H,24,28,29). The third-order valence-electron chi connectivity index (χ3n) is 6.12. The zero-order valence-electron chi connectivity index (χ0n) is 16.8. The van der Waals surface area contributed by atoms with Crippen LogP contribution in [0.15, 0.2) is 24.4 Å². The monoisotopic (exact) mass is 408 g/mol. The highest BCUT2D eigenvalue weighted by Crippen LogP contribution is 2.32. The Morgan fingerprint density at radius 1 is 1.23 bits per heavy atom. The lowest BCUT2D eigenvalue weighted by Gasteiger charge is -2.33. The number of piperidine rings is 1. The van der Waals surface area contributed by atoms with Crippen LogP contribution >= 0.6 is 0 Å².